The molecule has 0 bridgehead atoms. The SMILES string of the molecule is COc1ccc(Br)c(C(=O)N(C)C(C)c2cc3ccccc3o2)c1. The van der Waals surface area contributed by atoms with Gasteiger partial charge in [0.1, 0.15) is 17.1 Å². The zero-order valence-corrected chi connectivity index (χ0v) is 15.3. The van der Waals surface area contributed by atoms with Gasteiger partial charge in [-0.1, -0.05) is 18.2 Å². The first kappa shape index (κ1) is 16.6. The Kier molecular flexibility index (Phi) is 4.62. The number of carbonyl (C=O) groups excluding carboxylic acids is 1. The summed E-state index contributed by atoms with van der Waals surface area (Å²) < 4.78 is 11.8. The Balaban J connectivity index is 1.89. The Bertz CT molecular complexity index is 854. The smallest absolute Gasteiger partial charge is 0.255 e. The third kappa shape index (κ3) is 3.04. The van der Waals surface area contributed by atoms with Gasteiger partial charge >= 0.3 is 0 Å². The van der Waals surface area contributed by atoms with E-state index in [0.29, 0.717) is 11.3 Å². The summed E-state index contributed by atoms with van der Waals surface area (Å²) in [7, 11) is 3.35. The van der Waals surface area contributed by atoms with Crippen molar-refractivity contribution in [2.45, 2.75) is 13.0 Å². The summed E-state index contributed by atoms with van der Waals surface area (Å²) in [5.74, 6) is 1.30. The summed E-state index contributed by atoms with van der Waals surface area (Å²) in [6, 6.07) is 15.0. The van der Waals surface area contributed by atoms with E-state index in [1.165, 1.54) is 0 Å². The molecule has 1 aromatic heterocycles. The molecule has 124 valence electrons. The lowest BCUT2D eigenvalue weighted by Gasteiger charge is -2.24. The first-order valence-electron chi connectivity index (χ1n) is 7.60. The molecule has 1 unspecified atom stereocenters. The topological polar surface area (TPSA) is 42.7 Å². The van der Waals surface area contributed by atoms with E-state index in [1.54, 1.807) is 25.1 Å². The van der Waals surface area contributed by atoms with Crippen molar-refractivity contribution in [3.8, 4) is 5.75 Å². The number of nitrogens with zero attached hydrogens (tertiary/aromatic N) is 1. The molecule has 3 aromatic rings. The second kappa shape index (κ2) is 6.69. The van der Waals surface area contributed by atoms with Crippen molar-refractivity contribution in [1.82, 2.24) is 4.90 Å². The third-order valence-electron chi connectivity index (χ3n) is 4.16. The van der Waals surface area contributed by atoms with Crippen LogP contribution in [0.3, 0.4) is 0 Å². The molecule has 0 saturated heterocycles. The average Bonchev–Trinajstić information content (AvgIpc) is 3.04. The first-order valence-corrected chi connectivity index (χ1v) is 8.39. The van der Waals surface area contributed by atoms with Crippen LogP contribution < -0.4 is 4.74 Å². The van der Waals surface area contributed by atoms with Crippen molar-refractivity contribution in [2.24, 2.45) is 0 Å². The number of carbonyl (C=O) groups is 1. The standard InChI is InChI=1S/C19H18BrNO3/c1-12(18-10-13-6-4-5-7-17(13)24-18)21(2)19(22)15-11-14(23-3)8-9-16(15)20/h4-12H,1-3H3. The Morgan fingerprint density at radius 3 is 2.67 bits per heavy atom. The van der Waals surface area contributed by atoms with E-state index in [2.05, 4.69) is 15.9 Å². The van der Waals surface area contributed by atoms with Crippen LogP contribution in [0.5, 0.6) is 5.75 Å². The monoisotopic (exact) mass is 387 g/mol. The molecule has 4 nitrogen and oxygen atoms in total. The quantitative estimate of drug-likeness (QED) is 0.629. The van der Waals surface area contributed by atoms with Crippen molar-refractivity contribution in [2.75, 3.05) is 14.2 Å². The summed E-state index contributed by atoms with van der Waals surface area (Å²) in [5.41, 5.74) is 1.38. The van der Waals surface area contributed by atoms with Crippen LogP contribution >= 0.6 is 15.9 Å². The van der Waals surface area contributed by atoms with E-state index in [4.69, 9.17) is 9.15 Å². The maximum Gasteiger partial charge on any atom is 0.255 e. The zero-order chi connectivity index (χ0) is 17.3. The van der Waals surface area contributed by atoms with Gasteiger partial charge in [0.25, 0.3) is 5.91 Å². The van der Waals surface area contributed by atoms with Crippen LogP contribution in [0.25, 0.3) is 11.0 Å². The number of methoxy groups -OCH3 is 1. The second-order valence-corrected chi connectivity index (χ2v) is 6.48. The number of furan rings is 1. The maximum absolute atomic E-state index is 12.9. The molecule has 0 aliphatic heterocycles. The second-order valence-electron chi connectivity index (χ2n) is 5.62. The van der Waals surface area contributed by atoms with Crippen LogP contribution in [0, 0.1) is 0 Å². The maximum atomic E-state index is 12.9. The predicted octanol–water partition coefficient (Wildman–Crippen LogP) is 5.04. The van der Waals surface area contributed by atoms with Crippen LogP contribution in [-0.2, 0) is 0 Å². The number of halogens is 1. The first-order chi connectivity index (χ1) is 11.5. The van der Waals surface area contributed by atoms with Gasteiger partial charge in [0, 0.05) is 16.9 Å². The summed E-state index contributed by atoms with van der Waals surface area (Å²) in [6.07, 6.45) is 0. The fraction of sp³-hybridized carbons (Fsp3) is 0.211. The Morgan fingerprint density at radius 2 is 1.96 bits per heavy atom. The molecule has 0 radical (unpaired) electrons. The van der Waals surface area contributed by atoms with E-state index in [9.17, 15) is 4.79 Å². The van der Waals surface area contributed by atoms with Gasteiger partial charge in [0.2, 0.25) is 0 Å². The minimum absolute atomic E-state index is 0.103. The lowest BCUT2D eigenvalue weighted by molar-refractivity contribution is 0.0726. The number of amides is 1. The highest BCUT2D eigenvalue weighted by Gasteiger charge is 2.23. The summed E-state index contributed by atoms with van der Waals surface area (Å²) in [6.45, 7) is 1.95. The van der Waals surface area contributed by atoms with Crippen LogP contribution in [0.15, 0.2) is 57.4 Å². The highest BCUT2D eigenvalue weighted by atomic mass is 79.9. The van der Waals surface area contributed by atoms with E-state index in [0.717, 1.165) is 21.2 Å². The van der Waals surface area contributed by atoms with Crippen molar-refractivity contribution in [3.63, 3.8) is 0 Å². The molecule has 0 N–H and O–H groups in total. The number of rotatable bonds is 4. The molecule has 1 amide bonds. The highest BCUT2D eigenvalue weighted by molar-refractivity contribution is 9.10. The molecule has 2 aromatic carbocycles. The molecule has 3 rings (SSSR count). The Hall–Kier alpha value is -2.27. The number of fused-ring (bicyclic) bond motifs is 1. The van der Waals surface area contributed by atoms with E-state index in [1.807, 2.05) is 49.4 Å². The van der Waals surface area contributed by atoms with Crippen molar-refractivity contribution < 1.29 is 13.9 Å². The van der Waals surface area contributed by atoms with Gasteiger partial charge in [-0.05, 0) is 53.2 Å². The minimum Gasteiger partial charge on any atom is -0.497 e. The van der Waals surface area contributed by atoms with Gasteiger partial charge in [0.15, 0.2) is 0 Å². The molecular formula is C19H18BrNO3. The molecule has 1 atom stereocenters. The third-order valence-corrected chi connectivity index (χ3v) is 4.85. The highest BCUT2D eigenvalue weighted by Crippen LogP contribution is 2.29. The van der Waals surface area contributed by atoms with Crippen LogP contribution in [0.4, 0.5) is 0 Å². The van der Waals surface area contributed by atoms with Crippen molar-refractivity contribution in [3.05, 3.63) is 64.3 Å². The normalized spacial score (nSPS) is 12.2. The minimum atomic E-state index is -0.192. The molecule has 5 heteroatoms. The van der Waals surface area contributed by atoms with Gasteiger partial charge in [0.05, 0.1) is 18.7 Å². The van der Waals surface area contributed by atoms with Gasteiger partial charge in [-0.3, -0.25) is 4.79 Å². The number of hydrogen-bond acceptors (Lipinski definition) is 3. The molecule has 24 heavy (non-hydrogen) atoms. The molecule has 0 aliphatic rings. The van der Waals surface area contributed by atoms with Gasteiger partial charge in [-0.25, -0.2) is 0 Å². The fourth-order valence-electron chi connectivity index (χ4n) is 2.56. The number of ether oxygens (including phenoxy) is 1. The Labute approximate surface area is 149 Å². The lowest BCUT2D eigenvalue weighted by Crippen LogP contribution is -2.29. The number of benzene rings is 2. The summed E-state index contributed by atoms with van der Waals surface area (Å²) in [4.78, 5) is 14.5. The molecule has 0 spiro atoms. The largest absolute Gasteiger partial charge is 0.497 e. The summed E-state index contributed by atoms with van der Waals surface area (Å²) in [5, 5.41) is 1.03. The number of hydrogen-bond donors (Lipinski definition) is 0. The molecule has 0 fully saturated rings. The fourth-order valence-corrected chi connectivity index (χ4v) is 2.98. The molecular weight excluding hydrogens is 370 g/mol. The summed E-state index contributed by atoms with van der Waals surface area (Å²) >= 11 is 3.44. The van der Waals surface area contributed by atoms with Crippen molar-refractivity contribution in [1.29, 1.82) is 0 Å². The number of para-hydroxylation sites is 1. The molecule has 1 heterocycles. The van der Waals surface area contributed by atoms with E-state index in [-0.39, 0.29) is 11.9 Å². The van der Waals surface area contributed by atoms with Crippen LogP contribution in [0.2, 0.25) is 0 Å². The van der Waals surface area contributed by atoms with E-state index >= 15 is 0 Å². The lowest BCUT2D eigenvalue weighted by atomic mass is 10.1. The van der Waals surface area contributed by atoms with Crippen molar-refractivity contribution >= 4 is 32.8 Å². The zero-order valence-electron chi connectivity index (χ0n) is 13.7. The molecule has 0 aliphatic carbocycles. The van der Waals surface area contributed by atoms with Gasteiger partial charge < -0.3 is 14.1 Å². The van der Waals surface area contributed by atoms with Gasteiger partial charge in [-0.15, -0.1) is 0 Å². The average molecular weight is 388 g/mol. The Morgan fingerprint density at radius 1 is 1.21 bits per heavy atom. The predicted molar refractivity (Wildman–Crippen MR) is 97.4 cm³/mol. The van der Waals surface area contributed by atoms with Gasteiger partial charge in [-0.2, -0.15) is 0 Å². The van der Waals surface area contributed by atoms with Crippen LogP contribution in [-0.4, -0.2) is 25.0 Å². The molecule has 0 saturated carbocycles. The van der Waals surface area contributed by atoms with Crippen LogP contribution in [0.1, 0.15) is 29.1 Å². The van der Waals surface area contributed by atoms with E-state index < -0.39 is 0 Å².